The zero-order valence-electron chi connectivity index (χ0n) is 27.8. The van der Waals surface area contributed by atoms with Crippen LogP contribution in [0, 0.1) is 0 Å². The Balaban J connectivity index is 1.52. The Labute approximate surface area is 281 Å². The van der Waals surface area contributed by atoms with Crippen molar-refractivity contribution < 1.29 is 47.9 Å². The van der Waals surface area contributed by atoms with Crippen LogP contribution < -0.4 is 18.9 Å². The van der Waals surface area contributed by atoms with Crippen molar-refractivity contribution in [2.45, 2.75) is 58.2 Å². The second-order valence-electron chi connectivity index (χ2n) is 11.7. The largest absolute Gasteiger partial charge is 0.494 e. The lowest BCUT2D eigenvalue weighted by atomic mass is 9.86. The number of esters is 3. The van der Waals surface area contributed by atoms with Crippen LogP contribution in [0.1, 0.15) is 74.2 Å². The molecular weight excluding hydrogens is 616 g/mol. The Morgan fingerprint density at radius 2 is 1.19 bits per heavy atom. The normalized spacial score (nSPS) is 11.5. The first kappa shape index (κ1) is 37.4. The van der Waals surface area contributed by atoms with E-state index in [2.05, 4.69) is 13.2 Å². The van der Waals surface area contributed by atoms with Gasteiger partial charge in [0.15, 0.2) is 0 Å². The lowest BCUT2D eigenvalue weighted by molar-refractivity contribution is -0.138. The first-order chi connectivity index (χ1) is 23.0. The number of aliphatic hydroxyl groups is 1. The molecule has 3 rings (SSSR count). The number of benzene rings is 3. The Hall–Kier alpha value is -5.09. The number of rotatable bonds is 19. The van der Waals surface area contributed by atoms with Crippen LogP contribution in [0.3, 0.4) is 0 Å². The van der Waals surface area contributed by atoms with Crippen LogP contribution in [0.15, 0.2) is 92.0 Å². The van der Waals surface area contributed by atoms with E-state index in [0.29, 0.717) is 86.2 Å². The molecule has 0 fully saturated rings. The minimum Gasteiger partial charge on any atom is -0.494 e. The third-order valence-electron chi connectivity index (χ3n) is 6.90. The number of hydrogen-bond donors (Lipinski definition) is 1. The molecule has 10 heteroatoms. The van der Waals surface area contributed by atoms with Crippen molar-refractivity contribution >= 4 is 17.9 Å². The summed E-state index contributed by atoms with van der Waals surface area (Å²) in [4.78, 5) is 35.2. The highest BCUT2D eigenvalue weighted by Gasteiger charge is 2.23. The molecule has 1 atom stereocenters. The highest BCUT2D eigenvalue weighted by Crippen LogP contribution is 2.36. The van der Waals surface area contributed by atoms with Crippen molar-refractivity contribution in [2.24, 2.45) is 0 Å². The van der Waals surface area contributed by atoms with E-state index >= 15 is 0 Å². The summed E-state index contributed by atoms with van der Waals surface area (Å²) in [6.45, 7) is 14.2. The van der Waals surface area contributed by atoms with Crippen LogP contribution >= 0.6 is 0 Å². The lowest BCUT2D eigenvalue weighted by Crippen LogP contribution is -2.17. The predicted molar refractivity (Wildman–Crippen MR) is 180 cm³/mol. The van der Waals surface area contributed by atoms with E-state index in [1.165, 1.54) is 0 Å². The molecule has 3 aromatic rings. The van der Waals surface area contributed by atoms with Gasteiger partial charge in [0.05, 0.1) is 32.0 Å². The molecule has 256 valence electrons. The third-order valence-corrected chi connectivity index (χ3v) is 6.90. The minimum absolute atomic E-state index is 0.301. The first-order valence-electron chi connectivity index (χ1n) is 15.8. The zero-order valence-corrected chi connectivity index (χ0v) is 27.8. The second kappa shape index (κ2) is 18.9. The van der Waals surface area contributed by atoms with Gasteiger partial charge in [-0.05, 0) is 97.8 Å². The zero-order chi connectivity index (χ0) is 34.9. The van der Waals surface area contributed by atoms with Crippen molar-refractivity contribution in [1.29, 1.82) is 0 Å². The quantitative estimate of drug-likeness (QED) is 0.0470. The van der Waals surface area contributed by atoms with E-state index in [-0.39, 0.29) is 0 Å². The first-order valence-corrected chi connectivity index (χ1v) is 15.8. The molecule has 0 saturated heterocycles. The number of carbonyl (C=O) groups is 3. The van der Waals surface area contributed by atoms with Crippen molar-refractivity contribution in [3.8, 4) is 23.0 Å². The maximum Gasteiger partial charge on any atom is 0.343 e. The highest BCUT2D eigenvalue weighted by molar-refractivity contribution is 5.91. The SMILES string of the molecule is C=CC(=O)OCCCCOc1ccc(C(=O)Oc2ccc(OC(O)c3ccc(OCCCCOC(=O)C=C)cc3)cc2C(C)(C)C)cc1. The summed E-state index contributed by atoms with van der Waals surface area (Å²) >= 11 is 0. The molecule has 0 aliphatic heterocycles. The van der Waals surface area contributed by atoms with E-state index in [4.69, 9.17) is 28.4 Å². The number of carbonyl (C=O) groups excluding carboxylic acids is 3. The molecule has 1 N–H and O–H groups in total. The molecule has 0 heterocycles. The molecule has 1 unspecified atom stereocenters. The van der Waals surface area contributed by atoms with Gasteiger partial charge < -0.3 is 33.5 Å². The molecular formula is C38H44O10. The van der Waals surface area contributed by atoms with Crippen LogP contribution in [-0.4, -0.2) is 49.4 Å². The summed E-state index contributed by atoms with van der Waals surface area (Å²) in [7, 11) is 0. The van der Waals surface area contributed by atoms with Gasteiger partial charge in [0.2, 0.25) is 6.29 Å². The molecule has 0 bridgehead atoms. The number of unbranched alkanes of at least 4 members (excludes halogenated alkanes) is 2. The van der Waals surface area contributed by atoms with Crippen LogP contribution in [0.25, 0.3) is 0 Å². The monoisotopic (exact) mass is 660 g/mol. The van der Waals surface area contributed by atoms with Gasteiger partial charge in [-0.2, -0.15) is 0 Å². The van der Waals surface area contributed by atoms with Gasteiger partial charge in [-0.3, -0.25) is 0 Å². The van der Waals surface area contributed by atoms with E-state index in [1.807, 2.05) is 20.8 Å². The summed E-state index contributed by atoms with van der Waals surface area (Å²) in [5, 5.41) is 10.8. The summed E-state index contributed by atoms with van der Waals surface area (Å²) in [5.74, 6) is 0.617. The van der Waals surface area contributed by atoms with Gasteiger partial charge in [-0.25, -0.2) is 14.4 Å². The Kier molecular flexibility index (Phi) is 14.7. The summed E-state index contributed by atoms with van der Waals surface area (Å²) in [5.41, 5.74) is 1.21. The summed E-state index contributed by atoms with van der Waals surface area (Å²) in [6, 6.07) is 18.6. The number of ether oxygens (including phenoxy) is 6. The van der Waals surface area contributed by atoms with E-state index < -0.39 is 29.6 Å². The summed E-state index contributed by atoms with van der Waals surface area (Å²) in [6.07, 6.45) is 3.75. The topological polar surface area (TPSA) is 127 Å². The molecule has 0 aromatic heterocycles. The number of hydrogen-bond acceptors (Lipinski definition) is 10. The second-order valence-corrected chi connectivity index (χ2v) is 11.7. The van der Waals surface area contributed by atoms with Gasteiger partial charge in [0.25, 0.3) is 0 Å². The number of aliphatic hydroxyl groups excluding tert-OH is 1. The average molecular weight is 661 g/mol. The van der Waals surface area contributed by atoms with E-state index in [9.17, 15) is 19.5 Å². The van der Waals surface area contributed by atoms with Crippen LogP contribution in [0.2, 0.25) is 0 Å². The van der Waals surface area contributed by atoms with Crippen LogP contribution in [-0.2, 0) is 24.5 Å². The van der Waals surface area contributed by atoms with Gasteiger partial charge in [-0.15, -0.1) is 0 Å². The van der Waals surface area contributed by atoms with Gasteiger partial charge in [0, 0.05) is 23.3 Å². The molecule has 0 aliphatic rings. The fraction of sp³-hybridized carbons (Fsp3) is 0.342. The van der Waals surface area contributed by atoms with Gasteiger partial charge >= 0.3 is 17.9 Å². The summed E-state index contributed by atoms with van der Waals surface area (Å²) < 4.78 is 32.9. The molecule has 3 aromatic carbocycles. The van der Waals surface area contributed by atoms with E-state index in [1.54, 1.807) is 66.7 Å². The molecule has 0 saturated carbocycles. The third kappa shape index (κ3) is 12.6. The fourth-order valence-corrected chi connectivity index (χ4v) is 4.28. The van der Waals surface area contributed by atoms with Crippen LogP contribution in [0.4, 0.5) is 0 Å². The maximum atomic E-state index is 13.0. The molecule has 10 nitrogen and oxygen atoms in total. The van der Waals surface area contributed by atoms with Crippen molar-refractivity contribution in [3.63, 3.8) is 0 Å². The Morgan fingerprint density at radius 3 is 1.69 bits per heavy atom. The lowest BCUT2D eigenvalue weighted by Gasteiger charge is -2.24. The molecule has 48 heavy (non-hydrogen) atoms. The van der Waals surface area contributed by atoms with Crippen molar-refractivity contribution in [1.82, 2.24) is 0 Å². The molecule has 0 spiro atoms. The highest BCUT2D eigenvalue weighted by atomic mass is 16.6. The van der Waals surface area contributed by atoms with Gasteiger partial charge in [0.1, 0.15) is 23.0 Å². The molecule has 0 amide bonds. The Bertz CT molecular complexity index is 1500. The van der Waals surface area contributed by atoms with Gasteiger partial charge in [-0.1, -0.05) is 33.9 Å². The predicted octanol–water partition coefficient (Wildman–Crippen LogP) is 7.05. The smallest absolute Gasteiger partial charge is 0.343 e. The minimum atomic E-state index is -1.24. The van der Waals surface area contributed by atoms with Crippen molar-refractivity contribution in [2.75, 3.05) is 26.4 Å². The van der Waals surface area contributed by atoms with E-state index in [0.717, 1.165) is 17.7 Å². The molecule has 0 radical (unpaired) electrons. The average Bonchev–Trinajstić information content (AvgIpc) is 3.08. The van der Waals surface area contributed by atoms with Crippen molar-refractivity contribution in [3.05, 3.63) is 109 Å². The Morgan fingerprint density at radius 1 is 0.708 bits per heavy atom. The molecule has 0 aliphatic carbocycles. The maximum absolute atomic E-state index is 13.0. The standard InChI is InChI=1S/C38H44O10/c1-6-34(39)45-24-10-8-22-43-29-16-12-27(13-17-29)36(41)47-31-20-21-33(32(26-31)38(3,4)5)48-37(42)28-14-18-30(19-15-28)44-23-9-11-25-46-35(40)7-2/h6-7,12-21,26,36,41H,1-2,8-11,22-25H2,3-5H3. The van der Waals surface area contributed by atoms with Crippen LogP contribution in [0.5, 0.6) is 23.0 Å². The fourth-order valence-electron chi connectivity index (χ4n) is 4.28.